The van der Waals surface area contributed by atoms with Crippen LogP contribution in [0.4, 0.5) is 10.2 Å². The molecule has 34 heavy (non-hydrogen) atoms. The highest BCUT2D eigenvalue weighted by molar-refractivity contribution is 7.98. The second kappa shape index (κ2) is 8.18. The summed E-state index contributed by atoms with van der Waals surface area (Å²) in [4.78, 5) is 16.0. The maximum atomic E-state index is 14.6. The number of aromatic nitrogens is 5. The van der Waals surface area contributed by atoms with Crippen molar-refractivity contribution in [3.05, 3.63) is 59.1 Å². The van der Waals surface area contributed by atoms with Crippen LogP contribution < -0.4 is 10.6 Å². The van der Waals surface area contributed by atoms with E-state index in [4.69, 9.17) is 22.3 Å². The van der Waals surface area contributed by atoms with E-state index in [9.17, 15) is 4.39 Å². The summed E-state index contributed by atoms with van der Waals surface area (Å²) in [6, 6.07) is 8.88. The Bertz CT molecular complexity index is 1400. The number of hydrogen-bond donors (Lipinski definition) is 2. The van der Waals surface area contributed by atoms with Gasteiger partial charge >= 0.3 is 0 Å². The summed E-state index contributed by atoms with van der Waals surface area (Å²) in [7, 11) is 0. The minimum atomic E-state index is -0.301. The lowest BCUT2D eigenvalue weighted by molar-refractivity contribution is 0.533. The zero-order chi connectivity index (χ0) is 23.4. The Kier molecular flexibility index (Phi) is 5.24. The fraction of sp³-hybridized carbons (Fsp3) is 0.333. The van der Waals surface area contributed by atoms with Gasteiger partial charge in [0.1, 0.15) is 22.2 Å². The van der Waals surface area contributed by atoms with E-state index in [1.807, 2.05) is 24.5 Å². The van der Waals surface area contributed by atoms with Gasteiger partial charge in [0.2, 0.25) is 5.65 Å². The Labute approximate surface area is 205 Å². The summed E-state index contributed by atoms with van der Waals surface area (Å²) in [6.07, 6.45) is 6.37. The molecule has 4 aromatic rings. The second-order valence-corrected chi connectivity index (χ2v) is 10.0. The van der Waals surface area contributed by atoms with Crippen molar-refractivity contribution in [2.24, 2.45) is 17.6 Å². The van der Waals surface area contributed by atoms with Gasteiger partial charge < -0.3 is 10.6 Å². The number of fused-ring (bicyclic) bond motifs is 2. The summed E-state index contributed by atoms with van der Waals surface area (Å²) in [5, 5.41) is 8.76. The zero-order valence-corrected chi connectivity index (χ0v) is 20.1. The molecule has 1 aliphatic carbocycles. The van der Waals surface area contributed by atoms with E-state index < -0.39 is 0 Å². The van der Waals surface area contributed by atoms with E-state index in [0.29, 0.717) is 28.6 Å². The average molecular weight is 496 g/mol. The number of benzene rings is 1. The molecule has 1 saturated heterocycles. The maximum absolute atomic E-state index is 14.6. The highest BCUT2D eigenvalue weighted by Gasteiger charge is 2.66. The lowest BCUT2D eigenvalue weighted by atomic mass is 9.91. The number of nitrogens with zero attached hydrogens (tertiary/aromatic N) is 5. The van der Waals surface area contributed by atoms with Gasteiger partial charge in [-0.3, -0.25) is 5.10 Å². The smallest absolute Gasteiger partial charge is 0.202 e. The molecule has 1 aliphatic heterocycles. The summed E-state index contributed by atoms with van der Waals surface area (Å²) >= 11 is 8.04. The second-order valence-electron chi connectivity index (χ2n) is 8.85. The fourth-order valence-electron chi connectivity index (χ4n) is 5.72. The summed E-state index contributed by atoms with van der Waals surface area (Å²) in [5.41, 5.74) is 9.38. The lowest BCUT2D eigenvalue weighted by Gasteiger charge is -2.26. The van der Waals surface area contributed by atoms with Crippen molar-refractivity contribution in [2.75, 3.05) is 30.8 Å². The first-order valence-corrected chi connectivity index (χ1v) is 12.8. The van der Waals surface area contributed by atoms with Gasteiger partial charge in [0.15, 0.2) is 0 Å². The SMILES string of the molecule is CSc1nccc(-c2[nH]nc3nc(N4CC[C@@H]5[C@H](C4)[C@@]5(CN)c4ccccc4F)cnc23)c1Cl. The Morgan fingerprint density at radius 1 is 1.26 bits per heavy atom. The van der Waals surface area contributed by atoms with Crippen molar-refractivity contribution in [1.82, 2.24) is 25.1 Å². The molecule has 0 amide bonds. The van der Waals surface area contributed by atoms with Gasteiger partial charge in [0.25, 0.3) is 0 Å². The normalized spacial score (nSPS) is 23.8. The van der Waals surface area contributed by atoms with Gasteiger partial charge in [-0.15, -0.1) is 11.8 Å². The van der Waals surface area contributed by atoms with E-state index in [1.54, 1.807) is 18.5 Å². The third-order valence-corrected chi connectivity index (χ3v) is 8.63. The zero-order valence-electron chi connectivity index (χ0n) is 18.5. The van der Waals surface area contributed by atoms with Crippen LogP contribution in [0.2, 0.25) is 5.02 Å². The largest absolute Gasteiger partial charge is 0.355 e. The van der Waals surface area contributed by atoms with Gasteiger partial charge in [0.05, 0.1) is 16.9 Å². The third-order valence-electron chi connectivity index (χ3n) is 7.44. The Morgan fingerprint density at radius 3 is 2.91 bits per heavy atom. The topological polar surface area (TPSA) is 96.6 Å². The molecule has 3 atom stereocenters. The van der Waals surface area contributed by atoms with Crippen molar-refractivity contribution in [2.45, 2.75) is 16.9 Å². The Balaban J connectivity index is 1.29. The number of rotatable bonds is 5. The first kappa shape index (κ1) is 21.8. The number of aromatic amines is 1. The predicted octanol–water partition coefficient (Wildman–Crippen LogP) is 4.28. The van der Waals surface area contributed by atoms with Crippen LogP contribution in [0.25, 0.3) is 22.4 Å². The molecule has 3 N–H and O–H groups in total. The average Bonchev–Trinajstić information content (AvgIpc) is 3.33. The highest BCUT2D eigenvalue weighted by Crippen LogP contribution is 2.63. The number of piperidine rings is 1. The molecule has 1 saturated carbocycles. The minimum absolute atomic E-state index is 0.168. The van der Waals surface area contributed by atoms with Crippen LogP contribution in [-0.4, -0.2) is 51.0 Å². The van der Waals surface area contributed by atoms with Gasteiger partial charge in [0, 0.05) is 36.8 Å². The number of anilines is 1. The number of nitrogens with two attached hydrogens (primary N) is 1. The van der Waals surface area contributed by atoms with Crippen molar-refractivity contribution >= 4 is 40.3 Å². The summed E-state index contributed by atoms with van der Waals surface area (Å²) < 4.78 is 14.6. The van der Waals surface area contributed by atoms with Crippen molar-refractivity contribution in [1.29, 1.82) is 0 Å². The van der Waals surface area contributed by atoms with Crippen molar-refractivity contribution in [3.63, 3.8) is 0 Å². The molecule has 7 nitrogen and oxygen atoms in total. The Morgan fingerprint density at radius 2 is 2.12 bits per heavy atom. The van der Waals surface area contributed by atoms with Gasteiger partial charge in [-0.1, -0.05) is 29.8 Å². The third kappa shape index (κ3) is 3.14. The molecular formula is C24H23ClFN7S. The van der Waals surface area contributed by atoms with E-state index in [1.165, 1.54) is 17.8 Å². The number of hydrogen-bond acceptors (Lipinski definition) is 7. The molecule has 0 radical (unpaired) electrons. The van der Waals surface area contributed by atoms with E-state index in [0.717, 1.165) is 47.2 Å². The molecule has 2 fully saturated rings. The monoisotopic (exact) mass is 495 g/mol. The molecule has 0 bridgehead atoms. The van der Waals surface area contributed by atoms with Crippen LogP contribution in [0.15, 0.2) is 47.8 Å². The summed E-state index contributed by atoms with van der Waals surface area (Å²) in [6.45, 7) is 2.03. The lowest BCUT2D eigenvalue weighted by Crippen LogP contribution is -2.32. The van der Waals surface area contributed by atoms with Gasteiger partial charge in [-0.2, -0.15) is 5.10 Å². The molecule has 0 unspecified atom stereocenters. The van der Waals surface area contributed by atoms with Crippen LogP contribution in [-0.2, 0) is 5.41 Å². The van der Waals surface area contributed by atoms with Crippen LogP contribution in [0, 0.1) is 17.7 Å². The van der Waals surface area contributed by atoms with Gasteiger partial charge in [-0.25, -0.2) is 19.3 Å². The van der Waals surface area contributed by atoms with E-state index in [2.05, 4.69) is 25.1 Å². The van der Waals surface area contributed by atoms with E-state index in [-0.39, 0.29) is 17.2 Å². The van der Waals surface area contributed by atoms with Crippen molar-refractivity contribution < 1.29 is 4.39 Å². The number of pyridine rings is 1. The first-order chi connectivity index (χ1) is 16.6. The molecule has 1 aromatic carbocycles. The van der Waals surface area contributed by atoms with E-state index >= 15 is 0 Å². The van der Waals surface area contributed by atoms with Crippen molar-refractivity contribution in [3.8, 4) is 11.3 Å². The highest BCUT2D eigenvalue weighted by atomic mass is 35.5. The number of thioether (sulfide) groups is 1. The molecule has 0 spiro atoms. The molecule has 174 valence electrons. The minimum Gasteiger partial charge on any atom is -0.355 e. The summed E-state index contributed by atoms with van der Waals surface area (Å²) in [5.74, 6) is 1.27. The van der Waals surface area contributed by atoms with Crippen LogP contribution >= 0.6 is 23.4 Å². The van der Waals surface area contributed by atoms with Crippen LogP contribution in [0.3, 0.4) is 0 Å². The predicted molar refractivity (Wildman–Crippen MR) is 133 cm³/mol. The molecule has 6 rings (SSSR count). The molecule has 2 aliphatic rings. The number of halogens is 2. The quantitative estimate of drug-likeness (QED) is 0.399. The molecule has 4 heterocycles. The number of H-pyrrole nitrogens is 1. The molecule has 3 aromatic heterocycles. The maximum Gasteiger partial charge on any atom is 0.202 e. The number of nitrogens with one attached hydrogen (secondary N) is 1. The van der Waals surface area contributed by atoms with Crippen LogP contribution in [0.5, 0.6) is 0 Å². The molecular weight excluding hydrogens is 473 g/mol. The standard InChI is InChI=1S/C24H23ClFN7S/c1-34-23-19(25)13(6-8-28-23)20-21-22(32-31-20)30-18(10-29-21)33-9-7-14-16(11-33)24(14,12-27)15-4-2-3-5-17(15)26/h2-6,8,10,14,16H,7,9,11-12,27H2,1H3,(H,30,31,32)/t14-,16+,24-/m1/s1. The first-order valence-electron chi connectivity index (χ1n) is 11.2. The Hall–Kier alpha value is -2.75. The fourth-order valence-corrected chi connectivity index (χ4v) is 6.62. The van der Waals surface area contributed by atoms with Gasteiger partial charge in [-0.05, 0) is 42.2 Å². The molecule has 10 heteroatoms. The van der Waals surface area contributed by atoms with Crippen LogP contribution in [0.1, 0.15) is 12.0 Å².